The zero-order valence-electron chi connectivity index (χ0n) is 18.4. The van der Waals surface area contributed by atoms with Gasteiger partial charge in [0, 0.05) is 6.54 Å². The van der Waals surface area contributed by atoms with Gasteiger partial charge in [0.2, 0.25) is 0 Å². The lowest BCUT2D eigenvalue weighted by atomic mass is 9.87. The highest BCUT2D eigenvalue weighted by Crippen LogP contribution is 2.22. The molecule has 0 saturated heterocycles. The van der Waals surface area contributed by atoms with Crippen LogP contribution < -0.4 is 5.32 Å². The second kappa shape index (κ2) is 10.4. The Morgan fingerprint density at radius 3 is 2.10 bits per heavy atom. The molecule has 0 heterocycles. The molecule has 0 fully saturated rings. The van der Waals surface area contributed by atoms with Crippen LogP contribution in [-0.2, 0) is 34.5 Å². The molecule has 3 aromatic carbocycles. The Morgan fingerprint density at radius 2 is 1.48 bits per heavy atom. The number of hydrogen-bond donors (Lipinski definition) is 1. The van der Waals surface area contributed by atoms with Crippen LogP contribution in [0.5, 0.6) is 0 Å². The SMILES string of the molecule is CC(C)(C)c1ccc(CNC(Cc2ccc(F)cc2)C(=O)OCc2ccccc2)cc1. The van der Waals surface area contributed by atoms with Crippen LogP contribution in [0.1, 0.15) is 43.0 Å². The van der Waals surface area contributed by atoms with Crippen molar-refractivity contribution in [3.05, 3.63) is 107 Å². The minimum absolute atomic E-state index is 0.0956. The van der Waals surface area contributed by atoms with Crippen molar-refractivity contribution in [3.8, 4) is 0 Å². The van der Waals surface area contributed by atoms with Crippen LogP contribution in [0.4, 0.5) is 4.39 Å². The lowest BCUT2D eigenvalue weighted by Crippen LogP contribution is -2.39. The van der Waals surface area contributed by atoms with Crippen molar-refractivity contribution < 1.29 is 13.9 Å². The van der Waals surface area contributed by atoms with Crippen molar-refractivity contribution >= 4 is 5.97 Å². The molecule has 3 rings (SSSR count). The number of nitrogens with one attached hydrogen (secondary N) is 1. The van der Waals surface area contributed by atoms with Crippen LogP contribution >= 0.6 is 0 Å². The molecular formula is C27H30FNO2. The molecular weight excluding hydrogens is 389 g/mol. The first kappa shape index (κ1) is 22.7. The molecule has 1 N–H and O–H groups in total. The van der Waals surface area contributed by atoms with Crippen LogP contribution in [0.25, 0.3) is 0 Å². The highest BCUT2D eigenvalue weighted by Gasteiger charge is 2.21. The Labute approximate surface area is 184 Å². The molecule has 0 saturated carbocycles. The molecule has 0 aliphatic carbocycles. The van der Waals surface area contributed by atoms with Crippen LogP contribution in [0.3, 0.4) is 0 Å². The number of carbonyl (C=O) groups excluding carboxylic acids is 1. The first-order chi connectivity index (χ1) is 14.8. The van der Waals surface area contributed by atoms with Gasteiger partial charge in [0.25, 0.3) is 0 Å². The van der Waals surface area contributed by atoms with Gasteiger partial charge in [-0.3, -0.25) is 4.79 Å². The summed E-state index contributed by atoms with van der Waals surface area (Å²) in [4.78, 5) is 12.8. The third kappa shape index (κ3) is 7.04. The van der Waals surface area contributed by atoms with Gasteiger partial charge in [0.05, 0.1) is 0 Å². The molecule has 3 nitrogen and oxygen atoms in total. The van der Waals surface area contributed by atoms with E-state index in [1.807, 2.05) is 30.3 Å². The van der Waals surface area contributed by atoms with Gasteiger partial charge in [0.1, 0.15) is 18.5 Å². The summed E-state index contributed by atoms with van der Waals surface area (Å²) in [5.74, 6) is -0.613. The summed E-state index contributed by atoms with van der Waals surface area (Å²) < 4.78 is 18.8. The summed E-state index contributed by atoms with van der Waals surface area (Å²) in [6.45, 7) is 7.31. The Balaban J connectivity index is 1.67. The van der Waals surface area contributed by atoms with E-state index in [9.17, 15) is 9.18 Å². The molecule has 0 aromatic heterocycles. The number of hydrogen-bond acceptors (Lipinski definition) is 3. The lowest BCUT2D eigenvalue weighted by Gasteiger charge is -2.20. The number of rotatable bonds is 8. The maximum atomic E-state index is 13.3. The first-order valence-electron chi connectivity index (χ1n) is 10.6. The summed E-state index contributed by atoms with van der Waals surface area (Å²) >= 11 is 0. The van der Waals surface area contributed by atoms with Gasteiger partial charge >= 0.3 is 5.97 Å². The van der Waals surface area contributed by atoms with E-state index >= 15 is 0 Å². The minimum atomic E-state index is -0.531. The van der Waals surface area contributed by atoms with Crippen LogP contribution in [-0.4, -0.2) is 12.0 Å². The summed E-state index contributed by atoms with van der Waals surface area (Å²) in [7, 11) is 0. The summed E-state index contributed by atoms with van der Waals surface area (Å²) in [6, 6.07) is 23.7. The highest BCUT2D eigenvalue weighted by molar-refractivity contribution is 5.76. The van der Waals surface area contributed by atoms with Crippen LogP contribution in [0, 0.1) is 5.82 Å². The molecule has 0 aliphatic rings. The van der Waals surface area contributed by atoms with E-state index in [-0.39, 0.29) is 23.8 Å². The maximum absolute atomic E-state index is 13.3. The molecule has 0 spiro atoms. The number of carbonyl (C=O) groups is 1. The quantitative estimate of drug-likeness (QED) is 0.485. The molecule has 0 amide bonds. The average Bonchev–Trinajstić information content (AvgIpc) is 2.76. The van der Waals surface area contributed by atoms with Crippen molar-refractivity contribution in [3.63, 3.8) is 0 Å². The lowest BCUT2D eigenvalue weighted by molar-refractivity contribution is -0.147. The molecule has 0 bridgehead atoms. The molecule has 162 valence electrons. The number of ether oxygens (including phenoxy) is 1. The second-order valence-corrected chi connectivity index (χ2v) is 8.80. The smallest absolute Gasteiger partial charge is 0.323 e. The molecule has 0 aliphatic heterocycles. The van der Waals surface area contributed by atoms with E-state index in [2.05, 4.69) is 50.4 Å². The Morgan fingerprint density at radius 1 is 0.871 bits per heavy atom. The molecule has 3 aromatic rings. The van der Waals surface area contributed by atoms with E-state index in [4.69, 9.17) is 4.74 Å². The Bertz CT molecular complexity index is 961. The fraction of sp³-hybridized carbons (Fsp3) is 0.296. The van der Waals surface area contributed by atoms with E-state index in [1.54, 1.807) is 12.1 Å². The highest BCUT2D eigenvalue weighted by atomic mass is 19.1. The van der Waals surface area contributed by atoms with Gasteiger partial charge in [-0.25, -0.2) is 4.39 Å². The fourth-order valence-corrected chi connectivity index (χ4v) is 3.29. The van der Waals surface area contributed by atoms with Gasteiger partial charge in [-0.1, -0.05) is 87.5 Å². The van der Waals surface area contributed by atoms with E-state index in [0.717, 1.165) is 16.7 Å². The monoisotopic (exact) mass is 419 g/mol. The Kier molecular flexibility index (Phi) is 7.59. The predicted molar refractivity (Wildman–Crippen MR) is 122 cm³/mol. The van der Waals surface area contributed by atoms with Crippen LogP contribution in [0.2, 0.25) is 0 Å². The minimum Gasteiger partial charge on any atom is -0.460 e. The topological polar surface area (TPSA) is 38.3 Å². The van der Waals surface area contributed by atoms with Crippen molar-refractivity contribution in [1.29, 1.82) is 0 Å². The van der Waals surface area contributed by atoms with Gasteiger partial charge in [0.15, 0.2) is 0 Å². The van der Waals surface area contributed by atoms with Gasteiger partial charge in [-0.05, 0) is 46.2 Å². The van der Waals surface area contributed by atoms with E-state index in [0.29, 0.717) is 13.0 Å². The van der Waals surface area contributed by atoms with Gasteiger partial charge in [-0.15, -0.1) is 0 Å². The van der Waals surface area contributed by atoms with Crippen molar-refractivity contribution in [1.82, 2.24) is 5.32 Å². The molecule has 1 atom stereocenters. The third-order valence-corrected chi connectivity index (χ3v) is 5.23. The van der Waals surface area contributed by atoms with Gasteiger partial charge < -0.3 is 10.1 Å². The van der Waals surface area contributed by atoms with Crippen LogP contribution in [0.15, 0.2) is 78.9 Å². The predicted octanol–water partition coefficient (Wildman–Crippen LogP) is 5.57. The molecule has 31 heavy (non-hydrogen) atoms. The number of benzene rings is 3. The summed E-state index contributed by atoms with van der Waals surface area (Å²) in [5.41, 5.74) is 4.26. The van der Waals surface area contributed by atoms with Crippen molar-refractivity contribution in [2.75, 3.05) is 0 Å². The summed E-state index contributed by atoms with van der Waals surface area (Å²) in [5, 5.41) is 3.33. The van der Waals surface area contributed by atoms with E-state index in [1.165, 1.54) is 17.7 Å². The molecule has 0 radical (unpaired) electrons. The number of esters is 1. The normalized spacial score (nSPS) is 12.4. The Hall–Kier alpha value is -2.98. The molecule has 4 heteroatoms. The zero-order chi connectivity index (χ0) is 22.3. The standard InChI is InChI=1S/C27H30FNO2/c1-27(2,3)23-13-9-21(10-14-23)18-29-25(17-20-11-15-24(28)16-12-20)26(30)31-19-22-7-5-4-6-8-22/h4-16,25,29H,17-19H2,1-3H3. The van der Waals surface area contributed by atoms with Crippen molar-refractivity contribution in [2.24, 2.45) is 0 Å². The summed E-state index contributed by atoms with van der Waals surface area (Å²) in [6.07, 6.45) is 0.425. The maximum Gasteiger partial charge on any atom is 0.323 e. The first-order valence-corrected chi connectivity index (χ1v) is 10.6. The zero-order valence-corrected chi connectivity index (χ0v) is 18.4. The van der Waals surface area contributed by atoms with Gasteiger partial charge in [-0.2, -0.15) is 0 Å². The van der Waals surface area contributed by atoms with Crippen molar-refractivity contribution in [2.45, 2.75) is 51.8 Å². The van der Waals surface area contributed by atoms with E-state index < -0.39 is 6.04 Å². The second-order valence-electron chi connectivity index (χ2n) is 8.80. The average molecular weight is 420 g/mol. The number of halogens is 1. The molecule has 1 unspecified atom stereocenters. The largest absolute Gasteiger partial charge is 0.460 e. The fourth-order valence-electron chi connectivity index (χ4n) is 3.29. The third-order valence-electron chi connectivity index (χ3n) is 5.23.